The van der Waals surface area contributed by atoms with Crippen LogP contribution in [0.1, 0.15) is 11.1 Å². The highest BCUT2D eigenvalue weighted by Crippen LogP contribution is 2.20. The standard InChI is InChI=1S/C13H10BrN3O/c14-11-3-1-9(2-4-11)8-18-13-12(16)5-10(6-15)7-17-13/h1-5,7H,8,16H2. The molecule has 0 atom stereocenters. The van der Waals surface area contributed by atoms with Gasteiger partial charge in [-0.15, -0.1) is 0 Å². The average Bonchev–Trinajstić information content (AvgIpc) is 2.39. The molecule has 0 aliphatic heterocycles. The number of pyridine rings is 1. The number of hydrogen-bond donors (Lipinski definition) is 1. The van der Waals surface area contributed by atoms with Crippen molar-refractivity contribution in [2.75, 3.05) is 5.73 Å². The summed E-state index contributed by atoms with van der Waals surface area (Å²) in [5, 5.41) is 8.70. The number of nitriles is 1. The first-order valence-corrected chi connectivity index (χ1v) is 6.01. The molecule has 2 rings (SSSR count). The van der Waals surface area contributed by atoms with E-state index in [-0.39, 0.29) is 0 Å². The lowest BCUT2D eigenvalue weighted by Crippen LogP contribution is -2.01. The van der Waals surface area contributed by atoms with E-state index in [0.29, 0.717) is 23.7 Å². The zero-order valence-corrected chi connectivity index (χ0v) is 11.0. The van der Waals surface area contributed by atoms with Crippen LogP contribution in [0.5, 0.6) is 5.88 Å². The second-order valence-electron chi connectivity index (χ2n) is 3.65. The van der Waals surface area contributed by atoms with Crippen LogP contribution in [-0.2, 0) is 6.61 Å². The molecule has 1 aromatic carbocycles. The van der Waals surface area contributed by atoms with Gasteiger partial charge in [0.25, 0.3) is 0 Å². The van der Waals surface area contributed by atoms with Crippen molar-refractivity contribution in [2.45, 2.75) is 6.61 Å². The normalized spacial score (nSPS) is 9.78. The van der Waals surface area contributed by atoms with Crippen molar-refractivity contribution >= 4 is 21.6 Å². The Balaban J connectivity index is 2.06. The number of nitrogen functional groups attached to an aromatic ring is 1. The molecule has 0 spiro atoms. The first kappa shape index (κ1) is 12.4. The Kier molecular flexibility index (Phi) is 3.80. The molecule has 0 aliphatic rings. The van der Waals surface area contributed by atoms with Crippen LogP contribution in [0.4, 0.5) is 5.69 Å². The van der Waals surface area contributed by atoms with E-state index in [1.54, 1.807) is 6.07 Å². The van der Waals surface area contributed by atoms with Crippen molar-refractivity contribution in [1.29, 1.82) is 5.26 Å². The number of rotatable bonds is 3. The largest absolute Gasteiger partial charge is 0.471 e. The number of anilines is 1. The molecule has 0 amide bonds. The Morgan fingerprint density at radius 2 is 2.06 bits per heavy atom. The number of aromatic nitrogens is 1. The van der Waals surface area contributed by atoms with E-state index in [9.17, 15) is 0 Å². The van der Waals surface area contributed by atoms with Crippen LogP contribution in [0, 0.1) is 11.3 Å². The summed E-state index contributed by atoms with van der Waals surface area (Å²) >= 11 is 3.37. The zero-order valence-electron chi connectivity index (χ0n) is 9.43. The lowest BCUT2D eigenvalue weighted by Gasteiger charge is -2.07. The molecule has 0 radical (unpaired) electrons. The highest BCUT2D eigenvalue weighted by Gasteiger charge is 2.04. The summed E-state index contributed by atoms with van der Waals surface area (Å²) in [7, 11) is 0. The molecule has 90 valence electrons. The van der Waals surface area contributed by atoms with Crippen molar-refractivity contribution in [1.82, 2.24) is 4.98 Å². The second-order valence-corrected chi connectivity index (χ2v) is 4.56. The monoisotopic (exact) mass is 303 g/mol. The minimum Gasteiger partial charge on any atom is -0.471 e. The lowest BCUT2D eigenvalue weighted by atomic mass is 10.2. The third-order valence-electron chi connectivity index (χ3n) is 2.30. The smallest absolute Gasteiger partial charge is 0.237 e. The Morgan fingerprint density at radius 3 is 2.67 bits per heavy atom. The van der Waals surface area contributed by atoms with Crippen molar-refractivity contribution in [3.63, 3.8) is 0 Å². The molecule has 2 N–H and O–H groups in total. The number of ether oxygens (including phenoxy) is 1. The minimum atomic E-state index is 0.344. The fourth-order valence-corrected chi connectivity index (χ4v) is 1.65. The van der Waals surface area contributed by atoms with Gasteiger partial charge in [-0.3, -0.25) is 0 Å². The van der Waals surface area contributed by atoms with Gasteiger partial charge in [0.05, 0.1) is 11.3 Å². The SMILES string of the molecule is N#Cc1cnc(OCc2ccc(Br)cc2)c(N)c1. The van der Waals surface area contributed by atoms with Gasteiger partial charge >= 0.3 is 0 Å². The van der Waals surface area contributed by atoms with E-state index < -0.39 is 0 Å². The molecule has 1 aromatic heterocycles. The Labute approximate surface area is 113 Å². The minimum absolute atomic E-state index is 0.344. The van der Waals surface area contributed by atoms with Gasteiger partial charge in [-0.25, -0.2) is 4.98 Å². The van der Waals surface area contributed by atoms with Gasteiger partial charge in [0, 0.05) is 10.7 Å². The van der Waals surface area contributed by atoms with E-state index in [4.69, 9.17) is 15.7 Å². The third kappa shape index (κ3) is 2.99. The molecule has 0 fully saturated rings. The summed E-state index contributed by atoms with van der Waals surface area (Å²) in [5.41, 5.74) is 7.54. The first-order chi connectivity index (χ1) is 8.69. The molecule has 0 aliphatic carbocycles. The summed E-state index contributed by atoms with van der Waals surface area (Å²) in [6, 6.07) is 11.3. The molecule has 18 heavy (non-hydrogen) atoms. The molecule has 0 saturated heterocycles. The van der Waals surface area contributed by atoms with E-state index >= 15 is 0 Å². The molecule has 2 aromatic rings. The van der Waals surface area contributed by atoms with Gasteiger partial charge in [-0.05, 0) is 23.8 Å². The summed E-state index contributed by atoms with van der Waals surface area (Å²) in [6.45, 7) is 0.385. The molecule has 0 unspecified atom stereocenters. The summed E-state index contributed by atoms with van der Waals surface area (Å²) in [6.07, 6.45) is 1.44. The van der Waals surface area contributed by atoms with Gasteiger partial charge in [0.15, 0.2) is 0 Å². The number of benzene rings is 1. The maximum atomic E-state index is 8.70. The topological polar surface area (TPSA) is 71.9 Å². The van der Waals surface area contributed by atoms with E-state index in [0.717, 1.165) is 10.0 Å². The molecule has 1 heterocycles. The maximum absolute atomic E-state index is 8.70. The molecular weight excluding hydrogens is 294 g/mol. The summed E-state index contributed by atoms with van der Waals surface area (Å²) < 4.78 is 6.52. The van der Waals surface area contributed by atoms with Crippen molar-refractivity contribution in [2.24, 2.45) is 0 Å². The lowest BCUT2D eigenvalue weighted by molar-refractivity contribution is 0.296. The predicted molar refractivity (Wildman–Crippen MR) is 71.8 cm³/mol. The Bertz CT molecular complexity index is 590. The van der Waals surface area contributed by atoms with Crippen molar-refractivity contribution < 1.29 is 4.74 Å². The number of hydrogen-bond acceptors (Lipinski definition) is 4. The fourth-order valence-electron chi connectivity index (χ4n) is 1.38. The van der Waals surface area contributed by atoms with Crippen LogP contribution in [-0.4, -0.2) is 4.98 Å². The second kappa shape index (κ2) is 5.52. The number of halogens is 1. The van der Waals surface area contributed by atoms with Crippen LogP contribution >= 0.6 is 15.9 Å². The van der Waals surface area contributed by atoms with Gasteiger partial charge in [0.2, 0.25) is 5.88 Å². The highest BCUT2D eigenvalue weighted by molar-refractivity contribution is 9.10. The van der Waals surface area contributed by atoms with Gasteiger partial charge in [-0.2, -0.15) is 5.26 Å². The number of nitrogens with two attached hydrogens (primary N) is 1. The Morgan fingerprint density at radius 1 is 1.33 bits per heavy atom. The molecule has 5 heteroatoms. The maximum Gasteiger partial charge on any atom is 0.237 e. The van der Waals surface area contributed by atoms with Crippen molar-refractivity contribution in [3.8, 4) is 11.9 Å². The average molecular weight is 304 g/mol. The quantitative estimate of drug-likeness (QED) is 0.946. The van der Waals surface area contributed by atoms with Crippen LogP contribution in [0.25, 0.3) is 0 Å². The van der Waals surface area contributed by atoms with E-state index in [1.165, 1.54) is 6.20 Å². The molecule has 0 saturated carbocycles. The van der Waals surface area contributed by atoms with Crippen LogP contribution < -0.4 is 10.5 Å². The van der Waals surface area contributed by atoms with E-state index in [2.05, 4.69) is 20.9 Å². The van der Waals surface area contributed by atoms with Gasteiger partial charge in [0.1, 0.15) is 12.7 Å². The van der Waals surface area contributed by atoms with Crippen LogP contribution in [0.2, 0.25) is 0 Å². The van der Waals surface area contributed by atoms with Gasteiger partial charge in [-0.1, -0.05) is 28.1 Å². The molecule has 4 nitrogen and oxygen atoms in total. The van der Waals surface area contributed by atoms with E-state index in [1.807, 2.05) is 30.3 Å². The predicted octanol–water partition coefficient (Wildman–Crippen LogP) is 2.88. The Hall–Kier alpha value is -2.06. The summed E-state index contributed by atoms with van der Waals surface area (Å²) in [5.74, 6) is 0.344. The highest BCUT2D eigenvalue weighted by atomic mass is 79.9. The van der Waals surface area contributed by atoms with Gasteiger partial charge < -0.3 is 10.5 Å². The molecular formula is C13H10BrN3O. The third-order valence-corrected chi connectivity index (χ3v) is 2.83. The zero-order chi connectivity index (χ0) is 13.0. The van der Waals surface area contributed by atoms with Crippen LogP contribution in [0.3, 0.4) is 0 Å². The summed E-state index contributed by atoms with van der Waals surface area (Å²) in [4.78, 5) is 4.00. The van der Waals surface area contributed by atoms with Crippen LogP contribution in [0.15, 0.2) is 41.0 Å². The fraction of sp³-hybridized carbons (Fsp3) is 0.0769. The van der Waals surface area contributed by atoms with Crippen molar-refractivity contribution in [3.05, 3.63) is 52.1 Å². The first-order valence-electron chi connectivity index (χ1n) is 5.22. The molecule has 0 bridgehead atoms. The number of nitrogens with zero attached hydrogens (tertiary/aromatic N) is 2.